The second-order valence-corrected chi connectivity index (χ2v) is 5.87. The number of carboxylic acid groups (broad SMARTS) is 1. The maximum Gasteiger partial charge on any atom is 0.337 e. The second kappa shape index (κ2) is 6.84. The standard InChI is InChI=1S/C19H15F2NO3/c20-14-7-6-12(16(21)10-14)3-1-11-2-8-17(15(9-11)19(24)25)22-18(23)13-4-5-13/h1-3,6-10,13H,4-5H2,(H,22,23)(H,24,25). The minimum Gasteiger partial charge on any atom is -0.478 e. The van der Waals surface area contributed by atoms with Crippen molar-refractivity contribution in [1.82, 2.24) is 0 Å². The topological polar surface area (TPSA) is 66.4 Å². The molecule has 0 aromatic heterocycles. The van der Waals surface area contributed by atoms with Crippen molar-refractivity contribution in [3.8, 4) is 0 Å². The maximum atomic E-state index is 13.6. The number of aromatic carboxylic acids is 1. The highest BCUT2D eigenvalue weighted by Gasteiger charge is 2.30. The van der Waals surface area contributed by atoms with Crippen LogP contribution in [0.25, 0.3) is 12.2 Å². The van der Waals surface area contributed by atoms with E-state index in [1.807, 2.05) is 0 Å². The lowest BCUT2D eigenvalue weighted by molar-refractivity contribution is -0.117. The van der Waals surface area contributed by atoms with E-state index in [1.54, 1.807) is 6.07 Å². The van der Waals surface area contributed by atoms with E-state index in [2.05, 4.69) is 5.32 Å². The fourth-order valence-corrected chi connectivity index (χ4v) is 2.35. The number of carboxylic acids is 1. The summed E-state index contributed by atoms with van der Waals surface area (Å²) in [5.41, 5.74) is 0.889. The minimum absolute atomic E-state index is 0.0392. The van der Waals surface area contributed by atoms with E-state index < -0.39 is 17.6 Å². The maximum absolute atomic E-state index is 13.6. The molecule has 3 rings (SSSR count). The summed E-state index contributed by atoms with van der Waals surface area (Å²) in [7, 11) is 0. The van der Waals surface area contributed by atoms with E-state index in [0.717, 1.165) is 25.0 Å². The zero-order chi connectivity index (χ0) is 18.0. The van der Waals surface area contributed by atoms with Crippen molar-refractivity contribution in [2.45, 2.75) is 12.8 Å². The zero-order valence-electron chi connectivity index (χ0n) is 13.1. The molecular formula is C19H15F2NO3. The minimum atomic E-state index is -1.17. The number of carbonyl (C=O) groups excluding carboxylic acids is 1. The van der Waals surface area contributed by atoms with Crippen LogP contribution in [-0.2, 0) is 4.79 Å². The van der Waals surface area contributed by atoms with Gasteiger partial charge in [0, 0.05) is 17.5 Å². The molecule has 0 spiro atoms. The molecule has 0 saturated heterocycles. The number of benzene rings is 2. The Kier molecular flexibility index (Phi) is 4.61. The molecule has 0 heterocycles. The highest BCUT2D eigenvalue weighted by Crippen LogP contribution is 2.31. The Hall–Kier alpha value is -3.02. The van der Waals surface area contributed by atoms with Crippen LogP contribution in [0.5, 0.6) is 0 Å². The highest BCUT2D eigenvalue weighted by atomic mass is 19.1. The fraction of sp³-hybridized carbons (Fsp3) is 0.158. The SMILES string of the molecule is O=C(O)c1cc(C=Cc2ccc(F)cc2F)ccc1NC(=O)C1CC1. The van der Waals surface area contributed by atoms with Crippen LogP contribution in [0.3, 0.4) is 0 Å². The Balaban J connectivity index is 1.84. The molecule has 1 fully saturated rings. The van der Waals surface area contributed by atoms with Crippen LogP contribution >= 0.6 is 0 Å². The summed E-state index contributed by atoms with van der Waals surface area (Å²) in [6.45, 7) is 0. The van der Waals surface area contributed by atoms with Gasteiger partial charge in [-0.25, -0.2) is 13.6 Å². The van der Waals surface area contributed by atoms with Gasteiger partial charge in [-0.15, -0.1) is 0 Å². The quantitative estimate of drug-likeness (QED) is 0.800. The van der Waals surface area contributed by atoms with Gasteiger partial charge >= 0.3 is 5.97 Å². The third-order valence-corrected chi connectivity index (χ3v) is 3.90. The number of halogens is 2. The summed E-state index contributed by atoms with van der Waals surface area (Å²) in [6, 6.07) is 7.73. The molecule has 2 aromatic carbocycles. The largest absolute Gasteiger partial charge is 0.478 e. The van der Waals surface area contributed by atoms with E-state index >= 15 is 0 Å². The van der Waals surface area contributed by atoms with Crippen LogP contribution in [0.1, 0.15) is 34.3 Å². The molecule has 2 aromatic rings. The molecule has 25 heavy (non-hydrogen) atoms. The molecule has 1 aliphatic rings. The van der Waals surface area contributed by atoms with Crippen LogP contribution in [0.4, 0.5) is 14.5 Å². The lowest BCUT2D eigenvalue weighted by Gasteiger charge is -2.09. The molecule has 0 atom stereocenters. The molecule has 6 heteroatoms. The van der Waals surface area contributed by atoms with Gasteiger partial charge in [-0.1, -0.05) is 18.2 Å². The first-order valence-electron chi connectivity index (χ1n) is 7.75. The average molecular weight is 343 g/mol. The van der Waals surface area contributed by atoms with Gasteiger partial charge < -0.3 is 10.4 Å². The third-order valence-electron chi connectivity index (χ3n) is 3.90. The molecule has 1 saturated carbocycles. The summed E-state index contributed by atoms with van der Waals surface area (Å²) in [5.74, 6) is -2.77. The summed E-state index contributed by atoms with van der Waals surface area (Å²) in [5, 5.41) is 12.0. The summed E-state index contributed by atoms with van der Waals surface area (Å²) >= 11 is 0. The molecule has 0 radical (unpaired) electrons. The van der Waals surface area contributed by atoms with E-state index in [4.69, 9.17) is 0 Å². The summed E-state index contributed by atoms with van der Waals surface area (Å²) in [6.07, 6.45) is 4.59. The average Bonchev–Trinajstić information content (AvgIpc) is 3.40. The molecule has 1 amide bonds. The van der Waals surface area contributed by atoms with Crippen LogP contribution < -0.4 is 5.32 Å². The molecule has 128 valence electrons. The van der Waals surface area contributed by atoms with E-state index in [-0.39, 0.29) is 28.6 Å². The first-order valence-corrected chi connectivity index (χ1v) is 7.75. The smallest absolute Gasteiger partial charge is 0.337 e. The van der Waals surface area contributed by atoms with Crippen LogP contribution in [0, 0.1) is 17.6 Å². The van der Waals surface area contributed by atoms with Crippen molar-refractivity contribution in [2.75, 3.05) is 5.32 Å². The second-order valence-electron chi connectivity index (χ2n) is 5.87. The summed E-state index contributed by atoms with van der Waals surface area (Å²) < 4.78 is 26.5. The third kappa shape index (κ3) is 4.09. The van der Waals surface area contributed by atoms with E-state index in [1.165, 1.54) is 30.4 Å². The van der Waals surface area contributed by atoms with E-state index in [9.17, 15) is 23.5 Å². The van der Waals surface area contributed by atoms with Gasteiger partial charge in [0.05, 0.1) is 11.3 Å². The van der Waals surface area contributed by atoms with Gasteiger partial charge in [0.15, 0.2) is 0 Å². The monoisotopic (exact) mass is 343 g/mol. The van der Waals surface area contributed by atoms with Crippen LogP contribution in [-0.4, -0.2) is 17.0 Å². The molecule has 1 aliphatic carbocycles. The number of rotatable bonds is 5. The molecule has 2 N–H and O–H groups in total. The number of carbonyl (C=O) groups is 2. The Morgan fingerprint density at radius 3 is 2.48 bits per heavy atom. The zero-order valence-corrected chi connectivity index (χ0v) is 13.1. The Labute approximate surface area is 142 Å². The highest BCUT2D eigenvalue weighted by molar-refractivity contribution is 6.02. The number of anilines is 1. The Morgan fingerprint density at radius 1 is 1.08 bits per heavy atom. The number of amides is 1. The number of hydrogen-bond donors (Lipinski definition) is 2. The molecular weight excluding hydrogens is 328 g/mol. The van der Waals surface area contributed by atoms with Crippen molar-refractivity contribution in [1.29, 1.82) is 0 Å². The lowest BCUT2D eigenvalue weighted by atomic mass is 10.1. The van der Waals surface area contributed by atoms with Crippen LogP contribution in [0.2, 0.25) is 0 Å². The first-order chi connectivity index (χ1) is 11.9. The van der Waals surface area contributed by atoms with Crippen molar-refractivity contribution in [2.24, 2.45) is 5.92 Å². The molecule has 0 aliphatic heterocycles. The molecule has 0 unspecified atom stereocenters. The van der Waals surface area contributed by atoms with Gasteiger partial charge in [-0.05, 0) is 42.7 Å². The number of hydrogen-bond acceptors (Lipinski definition) is 2. The van der Waals surface area contributed by atoms with Crippen molar-refractivity contribution in [3.63, 3.8) is 0 Å². The predicted molar refractivity (Wildman–Crippen MR) is 90.0 cm³/mol. The molecule has 4 nitrogen and oxygen atoms in total. The lowest BCUT2D eigenvalue weighted by Crippen LogP contribution is -2.16. The van der Waals surface area contributed by atoms with Crippen LogP contribution in [0.15, 0.2) is 36.4 Å². The summed E-state index contributed by atoms with van der Waals surface area (Å²) in [4.78, 5) is 23.2. The van der Waals surface area contributed by atoms with Gasteiger partial charge in [-0.2, -0.15) is 0 Å². The van der Waals surface area contributed by atoms with Gasteiger partial charge in [-0.3, -0.25) is 4.79 Å². The normalized spacial score (nSPS) is 13.8. The van der Waals surface area contributed by atoms with Gasteiger partial charge in [0.2, 0.25) is 5.91 Å². The Morgan fingerprint density at radius 2 is 1.84 bits per heavy atom. The van der Waals surface area contributed by atoms with Crippen molar-refractivity contribution < 1.29 is 23.5 Å². The van der Waals surface area contributed by atoms with Gasteiger partial charge in [0.1, 0.15) is 11.6 Å². The number of nitrogens with one attached hydrogen (secondary N) is 1. The Bertz CT molecular complexity index is 873. The first kappa shape index (κ1) is 16.8. The van der Waals surface area contributed by atoms with Crippen molar-refractivity contribution >= 4 is 29.7 Å². The molecule has 0 bridgehead atoms. The van der Waals surface area contributed by atoms with E-state index in [0.29, 0.717) is 5.56 Å². The van der Waals surface area contributed by atoms with Crippen molar-refractivity contribution in [3.05, 3.63) is 64.7 Å². The van der Waals surface area contributed by atoms with Gasteiger partial charge in [0.25, 0.3) is 0 Å². The fourth-order valence-electron chi connectivity index (χ4n) is 2.35. The predicted octanol–water partition coefficient (Wildman–Crippen LogP) is 4.18.